The maximum atomic E-state index is 12.5. The molecule has 0 fully saturated rings. The first kappa shape index (κ1) is 15.1. The van der Waals surface area contributed by atoms with E-state index in [9.17, 15) is 4.79 Å². The number of rotatable bonds is 5. The molecule has 0 saturated heterocycles. The van der Waals surface area contributed by atoms with Crippen LogP contribution in [0.15, 0.2) is 48.7 Å². The fraction of sp³-hybridized carbons (Fsp3) is 0.222. The number of imidazole rings is 1. The molecule has 3 aromatic rings. The first-order valence-corrected chi connectivity index (χ1v) is 7.73. The van der Waals surface area contributed by atoms with E-state index < -0.39 is 0 Å². The second-order valence-corrected chi connectivity index (χ2v) is 5.10. The average molecular weight is 309 g/mol. The normalized spacial score (nSPS) is 10.7. The van der Waals surface area contributed by atoms with Crippen molar-refractivity contribution in [3.63, 3.8) is 0 Å². The van der Waals surface area contributed by atoms with Gasteiger partial charge >= 0.3 is 0 Å². The Bertz CT molecular complexity index is 822. The molecule has 0 radical (unpaired) electrons. The molecule has 0 unspecified atom stereocenters. The van der Waals surface area contributed by atoms with Crippen molar-refractivity contribution < 1.29 is 9.53 Å². The Kier molecular flexibility index (Phi) is 4.28. The van der Waals surface area contributed by atoms with Crippen molar-refractivity contribution in [1.82, 2.24) is 9.38 Å². The van der Waals surface area contributed by atoms with Gasteiger partial charge in [0.25, 0.3) is 5.91 Å². The van der Waals surface area contributed by atoms with E-state index in [-0.39, 0.29) is 5.91 Å². The van der Waals surface area contributed by atoms with Gasteiger partial charge in [0.1, 0.15) is 11.6 Å². The highest BCUT2D eigenvalue weighted by Gasteiger charge is 2.16. The molecule has 3 rings (SSSR count). The molecule has 0 aliphatic heterocycles. The van der Waals surface area contributed by atoms with E-state index in [1.807, 2.05) is 66.9 Å². The second-order valence-electron chi connectivity index (χ2n) is 5.10. The highest BCUT2D eigenvalue weighted by atomic mass is 16.5. The van der Waals surface area contributed by atoms with Crippen molar-refractivity contribution in [3.05, 3.63) is 60.2 Å². The van der Waals surface area contributed by atoms with E-state index in [1.165, 1.54) is 0 Å². The minimum absolute atomic E-state index is 0.211. The van der Waals surface area contributed by atoms with E-state index in [0.717, 1.165) is 23.5 Å². The molecule has 0 aliphatic rings. The number of hydrogen-bond acceptors (Lipinski definition) is 3. The van der Waals surface area contributed by atoms with Crippen LogP contribution >= 0.6 is 0 Å². The largest absolute Gasteiger partial charge is 0.494 e. The van der Waals surface area contributed by atoms with E-state index in [1.54, 1.807) is 0 Å². The predicted molar refractivity (Wildman–Crippen MR) is 90.1 cm³/mol. The maximum absolute atomic E-state index is 12.5. The Morgan fingerprint density at radius 1 is 1.17 bits per heavy atom. The van der Waals surface area contributed by atoms with Gasteiger partial charge in [-0.05, 0) is 43.3 Å². The molecule has 0 atom stereocenters. The summed E-state index contributed by atoms with van der Waals surface area (Å²) < 4.78 is 7.35. The number of nitrogens with zero attached hydrogens (tertiary/aromatic N) is 2. The molecular weight excluding hydrogens is 290 g/mol. The number of aromatic nitrogens is 2. The Morgan fingerprint density at radius 3 is 2.65 bits per heavy atom. The molecule has 2 heterocycles. The fourth-order valence-corrected chi connectivity index (χ4v) is 2.51. The molecule has 1 amide bonds. The Morgan fingerprint density at radius 2 is 1.96 bits per heavy atom. The fourth-order valence-electron chi connectivity index (χ4n) is 2.51. The zero-order valence-electron chi connectivity index (χ0n) is 13.2. The third-order valence-electron chi connectivity index (χ3n) is 3.58. The zero-order valence-corrected chi connectivity index (χ0v) is 13.2. The number of hydrogen-bond donors (Lipinski definition) is 1. The summed E-state index contributed by atoms with van der Waals surface area (Å²) in [6.07, 6.45) is 2.69. The number of anilines is 1. The van der Waals surface area contributed by atoms with E-state index in [4.69, 9.17) is 4.74 Å². The molecule has 1 N–H and O–H groups in total. The monoisotopic (exact) mass is 309 g/mol. The van der Waals surface area contributed by atoms with Crippen molar-refractivity contribution >= 4 is 17.1 Å². The summed E-state index contributed by atoms with van der Waals surface area (Å²) in [4.78, 5) is 17.0. The standard InChI is InChI=1S/C18H19N3O2/c1-3-16-20-17(15-7-5-6-12-21(15)16)18(22)19-13-8-10-14(11-9-13)23-4-2/h5-12H,3-4H2,1-2H3,(H,19,22). The van der Waals surface area contributed by atoms with Crippen LogP contribution in [-0.4, -0.2) is 21.9 Å². The first-order chi connectivity index (χ1) is 11.2. The van der Waals surface area contributed by atoms with Crippen LogP contribution in [0.25, 0.3) is 5.52 Å². The van der Waals surface area contributed by atoms with Crippen molar-refractivity contribution in [2.75, 3.05) is 11.9 Å². The zero-order chi connectivity index (χ0) is 16.2. The number of fused-ring (bicyclic) bond motifs is 1. The summed E-state index contributed by atoms with van der Waals surface area (Å²) in [6.45, 7) is 4.58. The van der Waals surface area contributed by atoms with Gasteiger partial charge in [0.05, 0.1) is 12.1 Å². The van der Waals surface area contributed by atoms with Crippen LogP contribution in [0.1, 0.15) is 30.2 Å². The van der Waals surface area contributed by atoms with Crippen LogP contribution < -0.4 is 10.1 Å². The lowest BCUT2D eigenvalue weighted by Gasteiger charge is -2.06. The van der Waals surface area contributed by atoms with Crippen LogP contribution in [0, 0.1) is 0 Å². The number of benzene rings is 1. The van der Waals surface area contributed by atoms with Gasteiger partial charge in [-0.1, -0.05) is 13.0 Å². The third kappa shape index (κ3) is 3.04. The summed E-state index contributed by atoms with van der Waals surface area (Å²) in [6, 6.07) is 13.1. The number of carbonyl (C=O) groups excluding carboxylic acids is 1. The molecule has 1 aromatic carbocycles. The average Bonchev–Trinajstić information content (AvgIpc) is 2.96. The van der Waals surface area contributed by atoms with Crippen LogP contribution in [0.3, 0.4) is 0 Å². The van der Waals surface area contributed by atoms with Gasteiger partial charge in [-0.25, -0.2) is 4.98 Å². The number of aryl methyl sites for hydroxylation is 1. The summed E-state index contributed by atoms with van der Waals surface area (Å²) in [5.41, 5.74) is 1.97. The molecule has 118 valence electrons. The lowest BCUT2D eigenvalue weighted by atomic mass is 10.2. The second kappa shape index (κ2) is 6.52. The molecule has 0 bridgehead atoms. The summed E-state index contributed by atoms with van der Waals surface area (Å²) in [7, 11) is 0. The van der Waals surface area contributed by atoms with Gasteiger partial charge in [0.15, 0.2) is 5.69 Å². The first-order valence-electron chi connectivity index (χ1n) is 7.73. The van der Waals surface area contributed by atoms with Crippen LogP contribution in [0.5, 0.6) is 5.75 Å². The van der Waals surface area contributed by atoms with Gasteiger partial charge in [-0.2, -0.15) is 0 Å². The predicted octanol–water partition coefficient (Wildman–Crippen LogP) is 3.55. The van der Waals surface area contributed by atoms with Gasteiger partial charge in [0, 0.05) is 18.3 Å². The molecule has 0 spiro atoms. The van der Waals surface area contributed by atoms with Crippen molar-refractivity contribution in [2.45, 2.75) is 20.3 Å². The Labute approximate surface area is 134 Å². The molecule has 5 nitrogen and oxygen atoms in total. The summed E-state index contributed by atoms with van der Waals surface area (Å²) >= 11 is 0. The third-order valence-corrected chi connectivity index (χ3v) is 3.58. The Balaban J connectivity index is 1.86. The lowest BCUT2D eigenvalue weighted by molar-refractivity contribution is 0.102. The lowest BCUT2D eigenvalue weighted by Crippen LogP contribution is -2.12. The van der Waals surface area contributed by atoms with Gasteiger partial charge < -0.3 is 14.5 Å². The van der Waals surface area contributed by atoms with E-state index in [2.05, 4.69) is 10.3 Å². The smallest absolute Gasteiger partial charge is 0.276 e. The molecule has 2 aromatic heterocycles. The number of pyridine rings is 1. The minimum atomic E-state index is -0.211. The Hall–Kier alpha value is -2.82. The summed E-state index contributed by atoms with van der Waals surface area (Å²) in [5.74, 6) is 1.45. The highest BCUT2D eigenvalue weighted by Crippen LogP contribution is 2.18. The molecular formula is C18H19N3O2. The molecule has 5 heteroatoms. The highest BCUT2D eigenvalue weighted by molar-refractivity contribution is 6.07. The van der Waals surface area contributed by atoms with Crippen LogP contribution in [0.2, 0.25) is 0 Å². The van der Waals surface area contributed by atoms with Gasteiger partial charge in [-0.15, -0.1) is 0 Å². The number of amides is 1. The van der Waals surface area contributed by atoms with Gasteiger partial charge in [0.2, 0.25) is 0 Å². The number of nitrogens with one attached hydrogen (secondary N) is 1. The van der Waals surface area contributed by atoms with Crippen LogP contribution in [-0.2, 0) is 6.42 Å². The van der Waals surface area contributed by atoms with Crippen LogP contribution in [0.4, 0.5) is 5.69 Å². The van der Waals surface area contributed by atoms with Crippen molar-refractivity contribution in [2.24, 2.45) is 0 Å². The minimum Gasteiger partial charge on any atom is -0.494 e. The number of carbonyl (C=O) groups is 1. The van der Waals surface area contributed by atoms with E-state index in [0.29, 0.717) is 18.0 Å². The number of ether oxygens (including phenoxy) is 1. The topological polar surface area (TPSA) is 55.6 Å². The van der Waals surface area contributed by atoms with Crippen molar-refractivity contribution in [1.29, 1.82) is 0 Å². The maximum Gasteiger partial charge on any atom is 0.276 e. The van der Waals surface area contributed by atoms with Crippen molar-refractivity contribution in [3.8, 4) is 5.75 Å². The SMILES string of the molecule is CCOc1ccc(NC(=O)c2nc(CC)n3ccccc23)cc1. The van der Waals surface area contributed by atoms with E-state index >= 15 is 0 Å². The quantitative estimate of drug-likeness (QED) is 0.784. The van der Waals surface area contributed by atoms with Gasteiger partial charge in [-0.3, -0.25) is 4.79 Å². The molecule has 0 aliphatic carbocycles. The summed E-state index contributed by atoms with van der Waals surface area (Å²) in [5, 5.41) is 2.89. The molecule has 0 saturated carbocycles. The molecule has 23 heavy (non-hydrogen) atoms.